The molecule has 0 fully saturated rings. The SMILES string of the molecule is CC(=O)c1ccc(NCC(O)CO)cc1N. The summed E-state index contributed by atoms with van der Waals surface area (Å²) in [5.74, 6) is -0.0838. The molecule has 1 rings (SSSR count). The molecule has 0 spiro atoms. The number of benzene rings is 1. The van der Waals surface area contributed by atoms with Gasteiger partial charge in [-0.15, -0.1) is 0 Å². The zero-order valence-corrected chi connectivity index (χ0v) is 9.10. The number of carbonyl (C=O) groups excluding carboxylic acids is 1. The molecule has 5 N–H and O–H groups in total. The Morgan fingerprint density at radius 3 is 2.75 bits per heavy atom. The molecule has 0 aliphatic heterocycles. The van der Waals surface area contributed by atoms with Crippen molar-refractivity contribution in [3.05, 3.63) is 23.8 Å². The Balaban J connectivity index is 2.70. The van der Waals surface area contributed by atoms with Crippen LogP contribution in [0.25, 0.3) is 0 Å². The molecule has 0 aliphatic rings. The molecule has 1 unspecified atom stereocenters. The number of Topliss-reactive ketones (excluding diaryl/α,β-unsaturated/α-hetero) is 1. The molecule has 16 heavy (non-hydrogen) atoms. The van der Waals surface area contributed by atoms with Gasteiger partial charge < -0.3 is 21.3 Å². The molecule has 1 aromatic rings. The minimum atomic E-state index is -0.811. The number of aliphatic hydroxyl groups excluding tert-OH is 2. The molecule has 0 aromatic heterocycles. The fourth-order valence-electron chi connectivity index (χ4n) is 1.29. The predicted molar refractivity (Wildman–Crippen MR) is 62.4 cm³/mol. The van der Waals surface area contributed by atoms with Crippen molar-refractivity contribution < 1.29 is 15.0 Å². The van der Waals surface area contributed by atoms with Crippen molar-refractivity contribution in [3.63, 3.8) is 0 Å². The molecule has 5 nitrogen and oxygen atoms in total. The monoisotopic (exact) mass is 224 g/mol. The van der Waals surface area contributed by atoms with Gasteiger partial charge in [-0.2, -0.15) is 0 Å². The van der Waals surface area contributed by atoms with Gasteiger partial charge in [0.1, 0.15) is 0 Å². The second-order valence-electron chi connectivity index (χ2n) is 3.58. The molecule has 88 valence electrons. The molecule has 0 radical (unpaired) electrons. The van der Waals surface area contributed by atoms with E-state index in [4.69, 9.17) is 15.9 Å². The first-order valence-electron chi connectivity index (χ1n) is 4.98. The Labute approximate surface area is 93.9 Å². The summed E-state index contributed by atoms with van der Waals surface area (Å²) in [5.41, 5.74) is 7.27. The van der Waals surface area contributed by atoms with Crippen LogP contribution in [0.5, 0.6) is 0 Å². The van der Waals surface area contributed by atoms with Gasteiger partial charge in [-0.3, -0.25) is 4.79 Å². The first-order chi connectivity index (χ1) is 7.54. The quantitative estimate of drug-likeness (QED) is 0.424. The fraction of sp³-hybridized carbons (Fsp3) is 0.364. The lowest BCUT2D eigenvalue weighted by molar-refractivity contribution is 0.101. The molecule has 0 saturated heterocycles. The van der Waals surface area contributed by atoms with E-state index < -0.39 is 6.10 Å². The van der Waals surface area contributed by atoms with Crippen LogP contribution in [0.15, 0.2) is 18.2 Å². The summed E-state index contributed by atoms with van der Waals surface area (Å²) in [6.45, 7) is 1.39. The molecule has 5 heteroatoms. The molecule has 0 aliphatic carbocycles. The second kappa shape index (κ2) is 5.48. The van der Waals surface area contributed by atoms with Crippen molar-refractivity contribution in [2.45, 2.75) is 13.0 Å². The van der Waals surface area contributed by atoms with Crippen LogP contribution in [0.1, 0.15) is 17.3 Å². The van der Waals surface area contributed by atoms with Crippen molar-refractivity contribution in [1.29, 1.82) is 0 Å². The number of nitrogens with two attached hydrogens (primary N) is 1. The van der Waals surface area contributed by atoms with Gasteiger partial charge in [-0.25, -0.2) is 0 Å². The normalized spacial score (nSPS) is 12.2. The van der Waals surface area contributed by atoms with E-state index in [1.54, 1.807) is 18.2 Å². The molecule has 0 heterocycles. The second-order valence-corrected chi connectivity index (χ2v) is 3.58. The maximum atomic E-state index is 11.1. The summed E-state index contributed by atoms with van der Waals surface area (Å²) >= 11 is 0. The third kappa shape index (κ3) is 3.22. The highest BCUT2D eigenvalue weighted by atomic mass is 16.3. The Kier molecular flexibility index (Phi) is 4.28. The van der Waals surface area contributed by atoms with Crippen LogP contribution >= 0.6 is 0 Å². The molecule has 0 saturated carbocycles. The average molecular weight is 224 g/mol. The summed E-state index contributed by atoms with van der Waals surface area (Å²) in [5, 5.41) is 20.7. The van der Waals surface area contributed by atoms with Crippen LogP contribution in [0, 0.1) is 0 Å². The van der Waals surface area contributed by atoms with Gasteiger partial charge in [0.05, 0.1) is 12.7 Å². The lowest BCUT2D eigenvalue weighted by Gasteiger charge is -2.11. The molecular weight excluding hydrogens is 208 g/mol. The third-order valence-electron chi connectivity index (χ3n) is 2.18. The highest BCUT2D eigenvalue weighted by molar-refractivity contribution is 5.99. The molecule has 0 amide bonds. The van der Waals surface area contributed by atoms with Crippen LogP contribution in [-0.2, 0) is 0 Å². The number of carbonyl (C=O) groups is 1. The van der Waals surface area contributed by atoms with Gasteiger partial charge in [0.2, 0.25) is 0 Å². The average Bonchev–Trinajstić information content (AvgIpc) is 2.25. The molecule has 1 aromatic carbocycles. The number of aliphatic hydroxyl groups is 2. The van der Waals surface area contributed by atoms with Gasteiger partial charge in [-0.05, 0) is 25.1 Å². The zero-order chi connectivity index (χ0) is 12.1. The standard InChI is InChI=1S/C11H16N2O3/c1-7(15)10-3-2-8(4-11(10)12)13-5-9(16)6-14/h2-4,9,13-14,16H,5-6,12H2,1H3. The largest absolute Gasteiger partial charge is 0.398 e. The minimum absolute atomic E-state index is 0.0838. The van der Waals surface area contributed by atoms with Crippen molar-refractivity contribution >= 4 is 17.2 Å². The van der Waals surface area contributed by atoms with E-state index in [0.717, 1.165) is 0 Å². The minimum Gasteiger partial charge on any atom is -0.398 e. The van der Waals surface area contributed by atoms with Crippen LogP contribution in [0.2, 0.25) is 0 Å². The summed E-state index contributed by atoms with van der Waals surface area (Å²) in [7, 11) is 0. The smallest absolute Gasteiger partial charge is 0.161 e. The van der Waals surface area contributed by atoms with E-state index in [2.05, 4.69) is 5.32 Å². The molecule has 0 bridgehead atoms. The lowest BCUT2D eigenvalue weighted by Crippen LogP contribution is -2.23. The van der Waals surface area contributed by atoms with Gasteiger partial charge >= 0.3 is 0 Å². The van der Waals surface area contributed by atoms with Gasteiger partial charge in [0.25, 0.3) is 0 Å². The predicted octanol–water partition coefficient (Wildman–Crippen LogP) is 0.236. The first kappa shape index (κ1) is 12.5. The van der Waals surface area contributed by atoms with Crippen molar-refractivity contribution in [2.75, 3.05) is 24.2 Å². The highest BCUT2D eigenvalue weighted by Gasteiger charge is 2.06. The summed E-state index contributed by atoms with van der Waals surface area (Å²) < 4.78 is 0. The van der Waals surface area contributed by atoms with Gasteiger partial charge in [0, 0.05) is 23.5 Å². The summed E-state index contributed by atoms with van der Waals surface area (Å²) in [6.07, 6.45) is -0.811. The van der Waals surface area contributed by atoms with E-state index in [1.165, 1.54) is 6.92 Å². The maximum absolute atomic E-state index is 11.1. The number of anilines is 2. The van der Waals surface area contributed by atoms with Crippen LogP contribution < -0.4 is 11.1 Å². The number of hydrogen-bond donors (Lipinski definition) is 4. The fourth-order valence-corrected chi connectivity index (χ4v) is 1.29. The van der Waals surface area contributed by atoms with Gasteiger partial charge in [0.15, 0.2) is 5.78 Å². The molecule has 1 atom stereocenters. The number of ketones is 1. The van der Waals surface area contributed by atoms with Crippen molar-refractivity contribution in [2.24, 2.45) is 0 Å². The Bertz CT molecular complexity index is 379. The third-order valence-corrected chi connectivity index (χ3v) is 2.18. The van der Waals surface area contributed by atoms with E-state index >= 15 is 0 Å². The lowest BCUT2D eigenvalue weighted by atomic mass is 10.1. The Hall–Kier alpha value is -1.59. The number of hydrogen-bond acceptors (Lipinski definition) is 5. The highest BCUT2D eigenvalue weighted by Crippen LogP contribution is 2.18. The van der Waals surface area contributed by atoms with Crippen LogP contribution in [0.4, 0.5) is 11.4 Å². The van der Waals surface area contributed by atoms with Crippen LogP contribution in [0.3, 0.4) is 0 Å². The Morgan fingerprint density at radius 1 is 1.56 bits per heavy atom. The van der Waals surface area contributed by atoms with E-state index in [1.807, 2.05) is 0 Å². The number of nitrogens with one attached hydrogen (secondary N) is 1. The topological polar surface area (TPSA) is 95.6 Å². The number of nitrogen functional groups attached to an aromatic ring is 1. The zero-order valence-electron chi connectivity index (χ0n) is 9.10. The number of rotatable bonds is 5. The summed E-state index contributed by atoms with van der Waals surface area (Å²) in [6, 6.07) is 4.96. The van der Waals surface area contributed by atoms with E-state index in [0.29, 0.717) is 16.9 Å². The van der Waals surface area contributed by atoms with E-state index in [9.17, 15) is 4.79 Å². The van der Waals surface area contributed by atoms with Crippen LogP contribution in [-0.4, -0.2) is 35.3 Å². The Morgan fingerprint density at radius 2 is 2.25 bits per heavy atom. The van der Waals surface area contributed by atoms with Crippen molar-refractivity contribution in [3.8, 4) is 0 Å². The maximum Gasteiger partial charge on any atom is 0.161 e. The van der Waals surface area contributed by atoms with E-state index in [-0.39, 0.29) is 18.9 Å². The summed E-state index contributed by atoms with van der Waals surface area (Å²) in [4.78, 5) is 11.1. The first-order valence-corrected chi connectivity index (χ1v) is 4.98. The van der Waals surface area contributed by atoms with Crippen molar-refractivity contribution in [1.82, 2.24) is 0 Å². The molecular formula is C11H16N2O3. The van der Waals surface area contributed by atoms with Gasteiger partial charge in [-0.1, -0.05) is 0 Å².